The van der Waals surface area contributed by atoms with Crippen molar-refractivity contribution in [2.75, 3.05) is 5.75 Å². The molecule has 0 aliphatic carbocycles. The third kappa shape index (κ3) is 3.46. The maximum absolute atomic E-state index is 13.8. The Morgan fingerprint density at radius 1 is 1.44 bits per heavy atom. The van der Waals surface area contributed by atoms with Crippen molar-refractivity contribution in [2.45, 2.75) is 39.3 Å². The lowest BCUT2D eigenvalue weighted by molar-refractivity contribution is -0.143. The number of hydrogen-bond acceptors (Lipinski definition) is 5. The number of amides is 1. The third-order valence-electron chi connectivity index (χ3n) is 3.93. The third-order valence-corrected chi connectivity index (χ3v) is 4.89. The maximum atomic E-state index is 13.8. The van der Waals surface area contributed by atoms with Crippen LogP contribution in [0.4, 0.5) is 4.39 Å². The first-order chi connectivity index (χ1) is 11.9. The van der Waals surface area contributed by atoms with E-state index in [9.17, 15) is 14.0 Å². The summed E-state index contributed by atoms with van der Waals surface area (Å²) < 4.78 is 19.2. The first-order valence-corrected chi connectivity index (χ1v) is 9.08. The Hall–Kier alpha value is -2.15. The molecule has 0 radical (unpaired) electrons. The van der Waals surface area contributed by atoms with Crippen LogP contribution in [0.25, 0.3) is 0 Å². The van der Waals surface area contributed by atoms with E-state index in [1.54, 1.807) is 32.9 Å². The molecule has 0 spiro atoms. The quantitative estimate of drug-likeness (QED) is 0.773. The van der Waals surface area contributed by atoms with Gasteiger partial charge in [0, 0.05) is 12.2 Å². The predicted molar refractivity (Wildman–Crippen MR) is 94.4 cm³/mol. The van der Waals surface area contributed by atoms with E-state index in [1.165, 1.54) is 28.8 Å². The molecule has 1 aromatic rings. The number of hydrogen-bond donors (Lipinski definition) is 0. The van der Waals surface area contributed by atoms with Crippen LogP contribution in [0.2, 0.25) is 0 Å². The average Bonchev–Trinajstić information content (AvgIpc) is 2.53. The zero-order valence-electron chi connectivity index (χ0n) is 14.3. The molecule has 0 bridgehead atoms. The fourth-order valence-corrected chi connectivity index (χ4v) is 3.93. The van der Waals surface area contributed by atoms with Crippen molar-refractivity contribution in [3.8, 4) is 0 Å². The van der Waals surface area contributed by atoms with Crippen molar-refractivity contribution in [1.82, 2.24) is 4.90 Å². The number of aliphatic imine (C=N–C) groups is 1. The number of thioether (sulfide) groups is 1. The van der Waals surface area contributed by atoms with Crippen molar-refractivity contribution in [3.63, 3.8) is 0 Å². The molecule has 1 saturated heterocycles. The van der Waals surface area contributed by atoms with Gasteiger partial charge in [0.25, 0.3) is 0 Å². The van der Waals surface area contributed by atoms with E-state index >= 15 is 0 Å². The van der Waals surface area contributed by atoms with Crippen molar-refractivity contribution in [1.29, 1.82) is 0 Å². The molecule has 5 nitrogen and oxygen atoms in total. The van der Waals surface area contributed by atoms with Gasteiger partial charge in [-0.15, -0.1) is 0 Å². The summed E-state index contributed by atoms with van der Waals surface area (Å²) in [7, 11) is 0. The molecule has 1 fully saturated rings. The van der Waals surface area contributed by atoms with Crippen LogP contribution in [0.5, 0.6) is 0 Å². The number of allylic oxidation sites excluding steroid dienone is 1. The van der Waals surface area contributed by atoms with Crippen LogP contribution in [0.15, 0.2) is 40.5 Å². The number of carbonyl (C=O) groups is 2. The fourth-order valence-electron chi connectivity index (χ4n) is 2.93. The van der Waals surface area contributed by atoms with Crippen LogP contribution in [-0.4, -0.2) is 33.8 Å². The minimum atomic E-state index is -0.727. The number of halogens is 1. The Morgan fingerprint density at radius 2 is 2.20 bits per heavy atom. The molecule has 132 valence electrons. The fraction of sp³-hybridized carbons (Fsp3) is 0.389. The van der Waals surface area contributed by atoms with Crippen molar-refractivity contribution < 1.29 is 18.7 Å². The number of carbonyl (C=O) groups excluding carboxylic acids is 2. The molecule has 3 rings (SSSR count). The van der Waals surface area contributed by atoms with E-state index in [0.717, 1.165) is 0 Å². The van der Waals surface area contributed by atoms with Crippen LogP contribution in [0.3, 0.4) is 0 Å². The molecule has 1 aromatic carbocycles. The van der Waals surface area contributed by atoms with Crippen LogP contribution in [-0.2, 0) is 14.3 Å². The molecule has 0 N–H and O–H groups in total. The molecule has 7 heteroatoms. The first-order valence-electron chi connectivity index (χ1n) is 8.09. The Bertz CT molecular complexity index is 788. The molecule has 2 aliphatic rings. The Kier molecular flexibility index (Phi) is 4.94. The van der Waals surface area contributed by atoms with Crippen molar-refractivity contribution in [2.24, 2.45) is 4.99 Å². The Labute approximate surface area is 149 Å². The smallest absolute Gasteiger partial charge is 0.338 e. The number of nitrogens with zero attached hydrogens (tertiary/aromatic N) is 2. The molecule has 0 saturated carbocycles. The lowest BCUT2D eigenvalue weighted by Crippen LogP contribution is -2.46. The highest BCUT2D eigenvalue weighted by molar-refractivity contribution is 8.14. The number of esters is 1. The lowest BCUT2D eigenvalue weighted by atomic mass is 9.94. The second-order valence-corrected chi connectivity index (χ2v) is 7.23. The number of benzene rings is 1. The molecule has 1 atom stereocenters. The van der Waals surface area contributed by atoms with Crippen molar-refractivity contribution in [3.05, 3.63) is 46.9 Å². The minimum Gasteiger partial charge on any atom is -0.459 e. The minimum absolute atomic E-state index is 0.130. The van der Waals surface area contributed by atoms with E-state index < -0.39 is 17.8 Å². The van der Waals surface area contributed by atoms with Gasteiger partial charge in [-0.2, -0.15) is 0 Å². The first kappa shape index (κ1) is 17.7. The predicted octanol–water partition coefficient (Wildman–Crippen LogP) is 3.43. The average molecular weight is 362 g/mol. The summed E-state index contributed by atoms with van der Waals surface area (Å²) in [6.07, 6.45) is 0.0407. The number of fused-ring (bicyclic) bond motifs is 1. The van der Waals surface area contributed by atoms with Gasteiger partial charge in [-0.25, -0.2) is 14.2 Å². The molecule has 1 amide bonds. The van der Waals surface area contributed by atoms with Gasteiger partial charge in [-0.05, 0) is 38.5 Å². The van der Waals surface area contributed by atoms with Crippen LogP contribution in [0, 0.1) is 5.82 Å². The van der Waals surface area contributed by atoms with Gasteiger partial charge in [0.2, 0.25) is 5.91 Å². The molecule has 0 unspecified atom stereocenters. The highest BCUT2D eigenvalue weighted by Gasteiger charge is 2.41. The summed E-state index contributed by atoms with van der Waals surface area (Å²) in [4.78, 5) is 31.2. The van der Waals surface area contributed by atoms with E-state index in [-0.39, 0.29) is 17.6 Å². The highest BCUT2D eigenvalue weighted by atomic mass is 32.2. The second-order valence-electron chi connectivity index (χ2n) is 6.17. The normalized spacial score (nSPS) is 20.5. The number of ether oxygens (including phenoxy) is 1. The topological polar surface area (TPSA) is 59.0 Å². The largest absolute Gasteiger partial charge is 0.459 e. The lowest BCUT2D eigenvalue weighted by Gasteiger charge is -2.39. The molecule has 2 aliphatic heterocycles. The molecular formula is C18H19FN2O3S. The summed E-state index contributed by atoms with van der Waals surface area (Å²) in [5.74, 6) is -0.446. The number of amidine groups is 1. The van der Waals surface area contributed by atoms with Crippen LogP contribution in [0.1, 0.15) is 38.8 Å². The SMILES string of the molecule is CC1=C(C(=O)OC(C)C)[C@H](c2cccc(F)c2)N2C(=O)CCSC2=N1. The summed E-state index contributed by atoms with van der Waals surface area (Å²) in [6, 6.07) is 5.22. The van der Waals surface area contributed by atoms with Gasteiger partial charge < -0.3 is 4.74 Å². The van der Waals surface area contributed by atoms with Gasteiger partial charge in [0.05, 0.1) is 23.4 Å². The Balaban J connectivity index is 2.14. The summed E-state index contributed by atoms with van der Waals surface area (Å²) in [6.45, 7) is 5.22. The van der Waals surface area contributed by atoms with Gasteiger partial charge >= 0.3 is 5.97 Å². The van der Waals surface area contributed by atoms with E-state index in [0.29, 0.717) is 28.6 Å². The van der Waals surface area contributed by atoms with Crippen LogP contribution >= 0.6 is 11.8 Å². The van der Waals surface area contributed by atoms with E-state index in [2.05, 4.69) is 4.99 Å². The van der Waals surface area contributed by atoms with E-state index in [4.69, 9.17) is 4.74 Å². The molecule has 25 heavy (non-hydrogen) atoms. The van der Waals surface area contributed by atoms with Gasteiger partial charge in [0.15, 0.2) is 5.17 Å². The summed E-state index contributed by atoms with van der Waals surface area (Å²) in [5, 5.41) is 0.545. The summed E-state index contributed by atoms with van der Waals surface area (Å²) in [5.41, 5.74) is 1.30. The van der Waals surface area contributed by atoms with Gasteiger partial charge in [-0.1, -0.05) is 23.9 Å². The van der Waals surface area contributed by atoms with Gasteiger partial charge in [-0.3, -0.25) is 9.69 Å². The highest BCUT2D eigenvalue weighted by Crippen LogP contribution is 2.40. The standard InChI is InChI=1S/C18H19FN2O3S/c1-10(2)24-17(23)15-11(3)20-18-21(14(22)7-8-25-18)16(15)12-5-4-6-13(19)9-12/h4-6,9-10,16H,7-8H2,1-3H3/t16-/m0/s1. The molecule has 2 heterocycles. The molecular weight excluding hydrogens is 343 g/mol. The summed E-state index contributed by atoms with van der Waals surface area (Å²) >= 11 is 1.46. The Morgan fingerprint density at radius 3 is 2.88 bits per heavy atom. The van der Waals surface area contributed by atoms with E-state index in [1.807, 2.05) is 0 Å². The number of rotatable bonds is 3. The van der Waals surface area contributed by atoms with Crippen molar-refractivity contribution >= 4 is 28.8 Å². The zero-order chi connectivity index (χ0) is 18.1. The maximum Gasteiger partial charge on any atom is 0.338 e. The zero-order valence-corrected chi connectivity index (χ0v) is 15.1. The monoisotopic (exact) mass is 362 g/mol. The second kappa shape index (κ2) is 7.00. The van der Waals surface area contributed by atoms with Gasteiger partial charge in [0.1, 0.15) is 5.82 Å². The molecule has 0 aromatic heterocycles. The van der Waals surface area contributed by atoms with Crippen LogP contribution < -0.4 is 0 Å².